The summed E-state index contributed by atoms with van der Waals surface area (Å²) in [6, 6.07) is 0. The van der Waals surface area contributed by atoms with Crippen molar-refractivity contribution in [2.75, 3.05) is 6.61 Å². The molecule has 0 unspecified atom stereocenters. The van der Waals surface area contributed by atoms with Crippen LogP contribution in [0.2, 0.25) is 0 Å². The van der Waals surface area contributed by atoms with Gasteiger partial charge in [0.05, 0.1) is 0 Å². The van der Waals surface area contributed by atoms with Gasteiger partial charge in [0, 0.05) is 6.61 Å². The fraction of sp³-hybridized carbons (Fsp3) is 1.00. The Hall–Kier alpha value is -0.0400. The summed E-state index contributed by atoms with van der Waals surface area (Å²) in [5, 5.41) is 8.62. The highest BCUT2D eigenvalue weighted by atomic mass is 16.2. The average Bonchev–Trinajstić information content (AvgIpc) is 1.88. The summed E-state index contributed by atoms with van der Waals surface area (Å²) >= 11 is 0. The van der Waals surface area contributed by atoms with E-state index in [0.717, 1.165) is 12.3 Å². The van der Waals surface area contributed by atoms with Crippen LogP contribution in [0.25, 0.3) is 0 Å². The van der Waals surface area contributed by atoms with Crippen molar-refractivity contribution in [1.29, 1.82) is 0 Å². The van der Waals surface area contributed by atoms with Gasteiger partial charge in [0.15, 0.2) is 0 Å². The first-order chi connectivity index (χ1) is 4.70. The zero-order valence-electron chi connectivity index (χ0n) is 7.43. The molecule has 0 bridgehead atoms. The van der Waals surface area contributed by atoms with Gasteiger partial charge in [0.2, 0.25) is 0 Å². The first-order valence-corrected chi connectivity index (χ1v) is 4.31. The topological polar surface area (TPSA) is 20.2 Å². The summed E-state index contributed by atoms with van der Waals surface area (Å²) < 4.78 is 0. The van der Waals surface area contributed by atoms with Crippen molar-refractivity contribution in [2.45, 2.75) is 40.0 Å². The van der Waals surface area contributed by atoms with E-state index in [9.17, 15) is 0 Å². The monoisotopic (exact) mass is 144 g/mol. The summed E-state index contributed by atoms with van der Waals surface area (Å²) in [7, 11) is 0. The average molecular weight is 144 g/mol. The molecular weight excluding hydrogens is 124 g/mol. The molecule has 0 aromatic heterocycles. The van der Waals surface area contributed by atoms with Crippen molar-refractivity contribution >= 4 is 0 Å². The molecule has 2 atom stereocenters. The molecule has 0 aromatic carbocycles. The molecule has 0 saturated heterocycles. The standard InChI is InChI=1S/C9H20O/c1-4-8(2)7-9(3)5-6-10/h8-10H,4-7H2,1-3H3/t8-,9+/m0/s1. The molecule has 62 valence electrons. The van der Waals surface area contributed by atoms with Crippen molar-refractivity contribution in [2.24, 2.45) is 11.8 Å². The second kappa shape index (κ2) is 5.72. The lowest BCUT2D eigenvalue weighted by atomic mass is 9.93. The van der Waals surface area contributed by atoms with E-state index in [-0.39, 0.29) is 0 Å². The Morgan fingerprint density at radius 2 is 1.80 bits per heavy atom. The van der Waals surface area contributed by atoms with Gasteiger partial charge < -0.3 is 5.11 Å². The van der Waals surface area contributed by atoms with Gasteiger partial charge in [-0.2, -0.15) is 0 Å². The molecule has 0 spiro atoms. The van der Waals surface area contributed by atoms with E-state index in [4.69, 9.17) is 5.11 Å². The van der Waals surface area contributed by atoms with E-state index in [1.54, 1.807) is 0 Å². The van der Waals surface area contributed by atoms with E-state index in [1.165, 1.54) is 12.8 Å². The fourth-order valence-electron chi connectivity index (χ4n) is 1.19. The minimum atomic E-state index is 0.345. The Morgan fingerprint density at radius 1 is 1.20 bits per heavy atom. The molecule has 1 N–H and O–H groups in total. The van der Waals surface area contributed by atoms with Gasteiger partial charge in [-0.3, -0.25) is 0 Å². The van der Waals surface area contributed by atoms with Gasteiger partial charge in [-0.1, -0.05) is 27.2 Å². The third kappa shape index (κ3) is 4.80. The van der Waals surface area contributed by atoms with Crippen LogP contribution in [0.1, 0.15) is 40.0 Å². The lowest BCUT2D eigenvalue weighted by Crippen LogP contribution is -2.03. The molecule has 0 aromatic rings. The first-order valence-electron chi connectivity index (χ1n) is 4.31. The molecule has 10 heavy (non-hydrogen) atoms. The van der Waals surface area contributed by atoms with Crippen LogP contribution in [-0.4, -0.2) is 11.7 Å². The van der Waals surface area contributed by atoms with Gasteiger partial charge in [0.1, 0.15) is 0 Å². The van der Waals surface area contributed by atoms with E-state index >= 15 is 0 Å². The molecule has 0 rings (SSSR count). The largest absolute Gasteiger partial charge is 0.396 e. The van der Waals surface area contributed by atoms with E-state index in [1.807, 2.05) is 0 Å². The Bertz CT molecular complexity index is 71.1. The molecule has 0 heterocycles. The number of hydrogen-bond acceptors (Lipinski definition) is 1. The second-order valence-electron chi connectivity index (χ2n) is 3.37. The third-order valence-corrected chi connectivity index (χ3v) is 2.12. The van der Waals surface area contributed by atoms with E-state index in [2.05, 4.69) is 20.8 Å². The summed E-state index contributed by atoms with van der Waals surface area (Å²) in [6.45, 7) is 7.05. The van der Waals surface area contributed by atoms with Crippen molar-refractivity contribution in [3.63, 3.8) is 0 Å². The molecule has 0 radical (unpaired) electrons. The van der Waals surface area contributed by atoms with Crippen molar-refractivity contribution in [3.05, 3.63) is 0 Å². The Kier molecular flexibility index (Phi) is 5.70. The minimum absolute atomic E-state index is 0.345. The van der Waals surface area contributed by atoms with Crippen molar-refractivity contribution in [1.82, 2.24) is 0 Å². The van der Waals surface area contributed by atoms with Crippen LogP contribution >= 0.6 is 0 Å². The minimum Gasteiger partial charge on any atom is -0.396 e. The number of aliphatic hydroxyl groups excluding tert-OH is 1. The van der Waals surface area contributed by atoms with Gasteiger partial charge in [0.25, 0.3) is 0 Å². The highest BCUT2D eigenvalue weighted by molar-refractivity contribution is 4.57. The lowest BCUT2D eigenvalue weighted by molar-refractivity contribution is 0.247. The molecule has 0 amide bonds. The van der Waals surface area contributed by atoms with Crippen molar-refractivity contribution in [3.8, 4) is 0 Å². The maximum absolute atomic E-state index is 8.62. The third-order valence-electron chi connectivity index (χ3n) is 2.12. The first kappa shape index (κ1) is 9.96. The van der Waals surface area contributed by atoms with E-state index < -0.39 is 0 Å². The predicted octanol–water partition coefficient (Wildman–Crippen LogP) is 2.44. The smallest absolute Gasteiger partial charge is 0.0433 e. The molecule has 0 fully saturated rings. The molecule has 0 aliphatic heterocycles. The predicted molar refractivity (Wildman–Crippen MR) is 44.9 cm³/mol. The highest BCUT2D eigenvalue weighted by Gasteiger charge is 2.05. The maximum Gasteiger partial charge on any atom is 0.0433 e. The SMILES string of the molecule is CC[C@H](C)C[C@H](C)CCO. The molecular formula is C9H20O. The van der Waals surface area contributed by atoms with Crippen LogP contribution < -0.4 is 0 Å². The Balaban J connectivity index is 3.27. The van der Waals surface area contributed by atoms with Gasteiger partial charge in [-0.15, -0.1) is 0 Å². The molecule has 1 heteroatoms. The summed E-state index contributed by atoms with van der Waals surface area (Å²) in [4.78, 5) is 0. The quantitative estimate of drug-likeness (QED) is 0.628. The number of hydrogen-bond donors (Lipinski definition) is 1. The molecule has 0 aliphatic rings. The molecule has 0 saturated carbocycles. The molecule has 1 nitrogen and oxygen atoms in total. The summed E-state index contributed by atoms with van der Waals surface area (Å²) in [5.41, 5.74) is 0. The second-order valence-corrected chi connectivity index (χ2v) is 3.37. The van der Waals surface area contributed by atoms with Gasteiger partial charge >= 0.3 is 0 Å². The number of rotatable bonds is 5. The van der Waals surface area contributed by atoms with Gasteiger partial charge in [-0.05, 0) is 24.7 Å². The Labute approximate surface area is 64.5 Å². The van der Waals surface area contributed by atoms with Crippen LogP contribution in [0.15, 0.2) is 0 Å². The van der Waals surface area contributed by atoms with Gasteiger partial charge in [-0.25, -0.2) is 0 Å². The number of aliphatic hydroxyl groups is 1. The highest BCUT2D eigenvalue weighted by Crippen LogP contribution is 2.16. The lowest BCUT2D eigenvalue weighted by Gasteiger charge is -2.13. The molecule has 0 aliphatic carbocycles. The zero-order valence-corrected chi connectivity index (χ0v) is 7.43. The van der Waals surface area contributed by atoms with Crippen LogP contribution in [0.5, 0.6) is 0 Å². The van der Waals surface area contributed by atoms with Crippen LogP contribution in [0.3, 0.4) is 0 Å². The van der Waals surface area contributed by atoms with Crippen molar-refractivity contribution < 1.29 is 5.11 Å². The zero-order chi connectivity index (χ0) is 7.98. The normalized spacial score (nSPS) is 16.8. The van der Waals surface area contributed by atoms with Crippen LogP contribution in [0.4, 0.5) is 0 Å². The summed E-state index contributed by atoms with van der Waals surface area (Å²) in [6.07, 6.45) is 3.48. The Morgan fingerprint density at radius 3 is 2.20 bits per heavy atom. The van der Waals surface area contributed by atoms with Crippen LogP contribution in [-0.2, 0) is 0 Å². The van der Waals surface area contributed by atoms with Crippen LogP contribution in [0, 0.1) is 11.8 Å². The summed E-state index contributed by atoms with van der Waals surface area (Å²) in [5.74, 6) is 1.52. The maximum atomic E-state index is 8.62. The van der Waals surface area contributed by atoms with E-state index in [0.29, 0.717) is 12.5 Å². The fourth-order valence-corrected chi connectivity index (χ4v) is 1.19.